The van der Waals surface area contributed by atoms with E-state index in [0.717, 1.165) is 18.4 Å². The first-order valence-electron chi connectivity index (χ1n) is 11.3. The number of nitrogens with zero attached hydrogens (tertiary/aromatic N) is 2. The van der Waals surface area contributed by atoms with Crippen molar-refractivity contribution in [1.82, 2.24) is 9.21 Å². The smallest absolute Gasteiger partial charge is 0.243 e. The fourth-order valence-electron chi connectivity index (χ4n) is 5.61. The average Bonchev–Trinajstić information content (AvgIpc) is 2.73. The van der Waals surface area contributed by atoms with Crippen molar-refractivity contribution >= 4 is 15.9 Å². The molecule has 1 aliphatic carbocycles. The van der Waals surface area contributed by atoms with Crippen LogP contribution in [0.25, 0.3) is 0 Å². The largest absolute Gasteiger partial charge is 0.336 e. The Hall–Kier alpha value is -1.40. The van der Waals surface area contributed by atoms with Crippen LogP contribution in [0.1, 0.15) is 63.9 Å². The van der Waals surface area contributed by atoms with Crippen molar-refractivity contribution in [2.75, 3.05) is 13.1 Å². The van der Waals surface area contributed by atoms with Crippen molar-refractivity contribution in [2.45, 2.75) is 82.2 Å². The minimum absolute atomic E-state index is 0.0393. The first-order chi connectivity index (χ1) is 13.9. The molecule has 29 heavy (non-hydrogen) atoms. The maximum absolute atomic E-state index is 13.4. The Balaban J connectivity index is 1.42. The maximum atomic E-state index is 13.4. The molecule has 0 bridgehead atoms. The number of carbonyl (C=O) groups excluding carboxylic acids is 1. The molecule has 6 heteroatoms. The van der Waals surface area contributed by atoms with Crippen LogP contribution in [0, 0.1) is 18.8 Å². The van der Waals surface area contributed by atoms with Crippen LogP contribution in [-0.4, -0.2) is 48.7 Å². The van der Waals surface area contributed by atoms with Gasteiger partial charge in [-0.2, -0.15) is 4.31 Å². The SMILES string of the molecule is Cc1ccc(S(=O)(=O)N2CCC(C(=O)N3[C@H](C)CC[C@H]4CCCC[C@@H]43)CC2)cc1. The summed E-state index contributed by atoms with van der Waals surface area (Å²) >= 11 is 0. The first kappa shape index (κ1) is 20.9. The van der Waals surface area contributed by atoms with E-state index in [0.29, 0.717) is 48.8 Å². The number of hydrogen-bond acceptors (Lipinski definition) is 3. The Morgan fingerprint density at radius 2 is 1.59 bits per heavy atom. The molecule has 2 saturated heterocycles. The Bertz CT molecular complexity index is 828. The molecule has 1 amide bonds. The summed E-state index contributed by atoms with van der Waals surface area (Å²) in [6, 6.07) is 7.76. The highest BCUT2D eigenvalue weighted by Gasteiger charge is 2.42. The van der Waals surface area contributed by atoms with Gasteiger partial charge in [0, 0.05) is 31.1 Å². The van der Waals surface area contributed by atoms with Crippen LogP contribution in [0.2, 0.25) is 0 Å². The molecule has 2 aliphatic heterocycles. The van der Waals surface area contributed by atoms with Gasteiger partial charge in [0.1, 0.15) is 0 Å². The van der Waals surface area contributed by atoms with Crippen molar-refractivity contribution < 1.29 is 13.2 Å². The van der Waals surface area contributed by atoms with Gasteiger partial charge < -0.3 is 4.90 Å². The molecule has 3 aliphatic rings. The summed E-state index contributed by atoms with van der Waals surface area (Å²) in [4.78, 5) is 16.0. The first-order valence-corrected chi connectivity index (χ1v) is 12.7. The van der Waals surface area contributed by atoms with Crippen LogP contribution in [0.4, 0.5) is 0 Å². The van der Waals surface area contributed by atoms with Crippen LogP contribution in [0.3, 0.4) is 0 Å². The van der Waals surface area contributed by atoms with Crippen molar-refractivity contribution in [2.24, 2.45) is 11.8 Å². The summed E-state index contributed by atoms with van der Waals surface area (Å²) in [6.45, 7) is 5.01. The lowest BCUT2D eigenvalue weighted by molar-refractivity contribution is -0.147. The van der Waals surface area contributed by atoms with Crippen molar-refractivity contribution in [3.8, 4) is 0 Å². The van der Waals surface area contributed by atoms with Gasteiger partial charge in [0.25, 0.3) is 0 Å². The van der Waals surface area contributed by atoms with Gasteiger partial charge in [-0.1, -0.05) is 30.5 Å². The van der Waals surface area contributed by atoms with Crippen LogP contribution < -0.4 is 0 Å². The summed E-state index contributed by atoms with van der Waals surface area (Å²) in [5, 5.41) is 0. The molecule has 0 spiro atoms. The maximum Gasteiger partial charge on any atom is 0.243 e. The van der Waals surface area contributed by atoms with Crippen molar-refractivity contribution in [3.05, 3.63) is 29.8 Å². The molecule has 0 aromatic heterocycles. The Labute approximate surface area is 175 Å². The highest BCUT2D eigenvalue weighted by atomic mass is 32.2. The highest BCUT2D eigenvalue weighted by molar-refractivity contribution is 7.89. The van der Waals surface area contributed by atoms with Gasteiger partial charge in [-0.3, -0.25) is 4.79 Å². The molecule has 1 aromatic rings. The molecule has 2 heterocycles. The van der Waals surface area contributed by atoms with Gasteiger partial charge in [0.05, 0.1) is 4.90 Å². The summed E-state index contributed by atoms with van der Waals surface area (Å²) in [6.07, 6.45) is 8.54. The monoisotopic (exact) mass is 418 g/mol. The van der Waals surface area contributed by atoms with Gasteiger partial charge in [0.15, 0.2) is 0 Å². The van der Waals surface area contributed by atoms with E-state index in [1.807, 2.05) is 19.1 Å². The van der Waals surface area contributed by atoms with Gasteiger partial charge >= 0.3 is 0 Å². The Morgan fingerprint density at radius 3 is 2.28 bits per heavy atom. The lowest BCUT2D eigenvalue weighted by Gasteiger charge is -2.49. The van der Waals surface area contributed by atoms with Crippen LogP contribution in [0.15, 0.2) is 29.2 Å². The van der Waals surface area contributed by atoms with Crippen molar-refractivity contribution in [1.29, 1.82) is 0 Å². The topological polar surface area (TPSA) is 57.7 Å². The molecular weight excluding hydrogens is 384 g/mol. The van der Waals surface area contributed by atoms with Crippen LogP contribution in [0.5, 0.6) is 0 Å². The number of sulfonamides is 1. The Kier molecular flexibility index (Phi) is 6.03. The summed E-state index contributed by atoms with van der Waals surface area (Å²) in [5.41, 5.74) is 1.05. The molecule has 0 N–H and O–H groups in total. The molecular formula is C23H34N2O3S. The molecule has 3 fully saturated rings. The summed E-state index contributed by atoms with van der Waals surface area (Å²) in [7, 11) is -3.47. The number of amides is 1. The summed E-state index contributed by atoms with van der Waals surface area (Å²) < 4.78 is 27.5. The highest BCUT2D eigenvalue weighted by Crippen LogP contribution is 2.39. The van der Waals surface area contributed by atoms with E-state index in [9.17, 15) is 13.2 Å². The van der Waals surface area contributed by atoms with E-state index >= 15 is 0 Å². The number of rotatable bonds is 3. The van der Waals surface area contributed by atoms with Crippen LogP contribution >= 0.6 is 0 Å². The molecule has 1 saturated carbocycles. The number of piperidine rings is 2. The second-order valence-corrected chi connectivity index (χ2v) is 11.2. The zero-order chi connectivity index (χ0) is 20.6. The number of aryl methyl sites for hydroxylation is 1. The number of carbonyl (C=O) groups is 1. The second kappa shape index (κ2) is 8.38. The predicted molar refractivity (Wildman–Crippen MR) is 114 cm³/mol. The zero-order valence-corrected chi connectivity index (χ0v) is 18.5. The average molecular weight is 419 g/mol. The van der Waals surface area contributed by atoms with Crippen LogP contribution in [-0.2, 0) is 14.8 Å². The Morgan fingerprint density at radius 1 is 0.931 bits per heavy atom. The number of fused-ring (bicyclic) bond motifs is 1. The normalized spacial score (nSPS) is 29.4. The minimum atomic E-state index is -3.47. The van der Waals surface area contributed by atoms with E-state index < -0.39 is 10.0 Å². The molecule has 5 nitrogen and oxygen atoms in total. The number of benzene rings is 1. The molecule has 1 aromatic carbocycles. The van der Waals surface area contributed by atoms with Gasteiger partial charge in [-0.15, -0.1) is 0 Å². The van der Waals surface area contributed by atoms with Gasteiger partial charge in [-0.25, -0.2) is 8.42 Å². The fraction of sp³-hybridized carbons (Fsp3) is 0.696. The van der Waals surface area contributed by atoms with E-state index in [-0.39, 0.29) is 11.8 Å². The predicted octanol–water partition coefficient (Wildman–Crippen LogP) is 3.97. The lowest BCUT2D eigenvalue weighted by atomic mass is 9.76. The third-order valence-electron chi connectivity index (χ3n) is 7.37. The fourth-order valence-corrected chi connectivity index (χ4v) is 7.08. The molecule has 3 atom stereocenters. The molecule has 0 unspecified atom stereocenters. The quantitative estimate of drug-likeness (QED) is 0.746. The van der Waals surface area contributed by atoms with Gasteiger partial charge in [0.2, 0.25) is 15.9 Å². The van der Waals surface area contributed by atoms with E-state index in [2.05, 4.69) is 11.8 Å². The molecule has 0 radical (unpaired) electrons. The van der Waals surface area contributed by atoms with Gasteiger partial charge in [-0.05, 0) is 70.4 Å². The molecule has 160 valence electrons. The summed E-state index contributed by atoms with van der Waals surface area (Å²) in [5.74, 6) is 0.912. The lowest BCUT2D eigenvalue weighted by Crippen LogP contribution is -2.56. The minimum Gasteiger partial charge on any atom is -0.336 e. The zero-order valence-electron chi connectivity index (χ0n) is 17.7. The van der Waals surface area contributed by atoms with E-state index in [1.54, 1.807) is 16.4 Å². The van der Waals surface area contributed by atoms with E-state index in [4.69, 9.17) is 0 Å². The number of likely N-dealkylation sites (tertiary alicyclic amines) is 1. The third-order valence-corrected chi connectivity index (χ3v) is 9.29. The van der Waals surface area contributed by atoms with E-state index in [1.165, 1.54) is 25.7 Å². The third kappa shape index (κ3) is 4.11. The number of hydrogen-bond donors (Lipinski definition) is 0. The standard InChI is InChI=1S/C23H34N2O3S/c1-17-7-11-21(12-8-17)29(27,28)24-15-13-20(14-16-24)23(26)25-18(2)9-10-19-5-3-4-6-22(19)25/h7-8,11-12,18-20,22H,3-6,9-10,13-16H2,1-2H3/t18-,19-,22+/m1/s1. The van der Waals surface area contributed by atoms with Crippen molar-refractivity contribution in [3.63, 3.8) is 0 Å². The molecule has 4 rings (SSSR count). The second-order valence-electron chi connectivity index (χ2n) is 9.28.